The summed E-state index contributed by atoms with van der Waals surface area (Å²) in [5.41, 5.74) is -0.641. The zero-order valence-corrected chi connectivity index (χ0v) is 24.1. The maximum absolute atomic E-state index is 12.8. The number of carbonyl (C=O) groups is 2. The van der Waals surface area contributed by atoms with Crippen LogP contribution >= 0.6 is 0 Å². The van der Waals surface area contributed by atoms with Crippen molar-refractivity contribution in [3.63, 3.8) is 0 Å². The molecule has 0 spiro atoms. The van der Waals surface area contributed by atoms with E-state index in [1.165, 1.54) is 0 Å². The Kier molecular flexibility index (Phi) is 10.3. The first kappa shape index (κ1) is 29.6. The van der Waals surface area contributed by atoms with Crippen molar-refractivity contribution >= 4 is 30.8 Å². The Morgan fingerprint density at radius 2 is 1.39 bits per heavy atom. The van der Waals surface area contributed by atoms with Crippen molar-refractivity contribution in [1.29, 1.82) is 0 Å². The van der Waals surface area contributed by atoms with Gasteiger partial charge in [-0.15, -0.1) is 0 Å². The van der Waals surface area contributed by atoms with Gasteiger partial charge in [0.05, 0.1) is 25.7 Å². The van der Waals surface area contributed by atoms with Crippen LogP contribution in [0.2, 0.25) is 5.04 Å². The van der Waals surface area contributed by atoms with Crippen LogP contribution in [0, 0.1) is 5.92 Å². The number of hydrogen-bond acceptors (Lipinski definition) is 5. The highest BCUT2D eigenvalue weighted by molar-refractivity contribution is 6.99. The highest BCUT2D eigenvalue weighted by atomic mass is 28.4. The summed E-state index contributed by atoms with van der Waals surface area (Å²) in [6.45, 7) is 16.3. The molecular weight excluding hydrogens is 470 g/mol. The van der Waals surface area contributed by atoms with E-state index in [0.29, 0.717) is 6.61 Å². The summed E-state index contributed by atoms with van der Waals surface area (Å²) < 4.78 is 17.7. The molecule has 1 N–H and O–H groups in total. The Labute approximate surface area is 217 Å². The van der Waals surface area contributed by atoms with Crippen molar-refractivity contribution < 1.29 is 23.5 Å². The van der Waals surface area contributed by atoms with Gasteiger partial charge in [-0.05, 0) is 49.0 Å². The van der Waals surface area contributed by atoms with E-state index < -0.39 is 26.1 Å². The first-order valence-corrected chi connectivity index (χ1v) is 14.6. The molecule has 2 atom stereocenters. The van der Waals surface area contributed by atoms with Crippen molar-refractivity contribution in [3.8, 4) is 0 Å². The van der Waals surface area contributed by atoms with Gasteiger partial charge in [0.2, 0.25) is 0 Å². The van der Waals surface area contributed by atoms with Crippen LogP contribution in [0.4, 0.5) is 4.79 Å². The van der Waals surface area contributed by atoms with Crippen LogP contribution in [-0.4, -0.2) is 45.2 Å². The highest BCUT2D eigenvalue weighted by Gasteiger charge is 2.50. The van der Waals surface area contributed by atoms with Crippen molar-refractivity contribution in [2.45, 2.75) is 78.5 Å². The molecule has 7 heteroatoms. The van der Waals surface area contributed by atoms with Gasteiger partial charge in [0.1, 0.15) is 5.60 Å². The maximum atomic E-state index is 12.8. The zero-order chi connectivity index (χ0) is 27.0. The number of carbonyl (C=O) groups excluding carboxylic acids is 2. The minimum atomic E-state index is -2.82. The third-order valence-corrected chi connectivity index (χ3v) is 11.1. The van der Waals surface area contributed by atoms with Gasteiger partial charge in [-0.25, -0.2) is 4.79 Å². The summed E-state index contributed by atoms with van der Waals surface area (Å²) in [7, 11) is -2.82. The molecule has 0 saturated carbocycles. The lowest BCUT2D eigenvalue weighted by Gasteiger charge is -2.44. The Hall–Kier alpha value is -2.64. The monoisotopic (exact) mass is 513 g/mol. The van der Waals surface area contributed by atoms with Gasteiger partial charge in [0.25, 0.3) is 8.32 Å². The van der Waals surface area contributed by atoms with Crippen LogP contribution in [0.3, 0.4) is 0 Å². The molecule has 0 aliphatic heterocycles. The van der Waals surface area contributed by atoms with E-state index in [1.807, 2.05) is 64.1 Å². The molecule has 2 aromatic rings. The van der Waals surface area contributed by atoms with Gasteiger partial charge < -0.3 is 19.2 Å². The highest BCUT2D eigenvalue weighted by Crippen LogP contribution is 2.37. The number of ether oxygens (including phenoxy) is 2. The molecule has 0 saturated heterocycles. The molecule has 36 heavy (non-hydrogen) atoms. The van der Waals surface area contributed by atoms with Crippen LogP contribution < -0.4 is 15.7 Å². The molecule has 0 aliphatic carbocycles. The fourth-order valence-corrected chi connectivity index (χ4v) is 8.99. The van der Waals surface area contributed by atoms with Gasteiger partial charge in [-0.1, -0.05) is 88.4 Å². The third kappa shape index (κ3) is 7.93. The summed E-state index contributed by atoms with van der Waals surface area (Å²) in [6.07, 6.45) is -0.368. The normalized spacial score (nSPS) is 14.0. The Morgan fingerprint density at radius 3 is 1.81 bits per heavy atom. The lowest BCUT2D eigenvalue weighted by molar-refractivity contribution is -0.144. The van der Waals surface area contributed by atoms with Gasteiger partial charge >= 0.3 is 12.1 Å². The molecule has 0 unspecified atom stereocenters. The van der Waals surface area contributed by atoms with E-state index in [1.54, 1.807) is 6.92 Å². The number of benzene rings is 2. The number of alkyl carbamates (subject to hydrolysis) is 1. The average molecular weight is 514 g/mol. The number of esters is 1. The molecule has 6 nitrogen and oxygen atoms in total. The molecule has 1 amide bonds. The lowest BCUT2D eigenvalue weighted by atomic mass is 9.99. The largest absolute Gasteiger partial charge is 0.466 e. The van der Waals surface area contributed by atoms with Crippen molar-refractivity contribution in [2.75, 3.05) is 13.2 Å². The average Bonchev–Trinajstić information content (AvgIpc) is 2.78. The number of hydrogen-bond donors (Lipinski definition) is 1. The molecule has 2 aromatic carbocycles. The van der Waals surface area contributed by atoms with Crippen molar-refractivity contribution in [3.05, 3.63) is 60.7 Å². The quantitative estimate of drug-likeness (QED) is 0.356. The van der Waals surface area contributed by atoms with Crippen LogP contribution in [0.25, 0.3) is 0 Å². The number of amides is 1. The molecular formula is C29H43NO5Si. The SMILES string of the molecule is CCOC(=O)C[C@@H](C)[C@@H](CO[Si](c1ccccc1)(c1ccccc1)C(C)(C)C)NC(=O)OC(C)(C)C. The molecule has 0 fully saturated rings. The van der Waals surface area contributed by atoms with E-state index >= 15 is 0 Å². The molecule has 0 bridgehead atoms. The first-order chi connectivity index (χ1) is 16.8. The van der Waals surface area contributed by atoms with E-state index in [4.69, 9.17) is 13.9 Å². The van der Waals surface area contributed by atoms with Crippen molar-refractivity contribution in [1.82, 2.24) is 5.32 Å². The summed E-state index contributed by atoms with van der Waals surface area (Å²) >= 11 is 0. The second-order valence-corrected chi connectivity index (χ2v) is 15.5. The van der Waals surface area contributed by atoms with E-state index in [9.17, 15) is 9.59 Å². The van der Waals surface area contributed by atoms with E-state index in [2.05, 4.69) is 50.4 Å². The fourth-order valence-electron chi connectivity index (χ4n) is 4.41. The van der Waals surface area contributed by atoms with Gasteiger partial charge in [-0.2, -0.15) is 0 Å². The third-order valence-electron chi connectivity index (χ3n) is 6.08. The fraction of sp³-hybridized carbons (Fsp3) is 0.517. The van der Waals surface area contributed by atoms with Gasteiger partial charge in [-0.3, -0.25) is 4.79 Å². The second kappa shape index (κ2) is 12.5. The summed E-state index contributed by atoms with van der Waals surface area (Å²) in [5, 5.41) is 5.07. The molecule has 0 radical (unpaired) electrons. The minimum absolute atomic E-state index is 0.165. The topological polar surface area (TPSA) is 73.9 Å². The smallest absolute Gasteiger partial charge is 0.407 e. The van der Waals surface area contributed by atoms with Crippen LogP contribution in [-0.2, 0) is 18.7 Å². The van der Waals surface area contributed by atoms with Crippen LogP contribution in [0.1, 0.15) is 61.8 Å². The Morgan fingerprint density at radius 1 is 0.889 bits per heavy atom. The van der Waals surface area contributed by atoms with Crippen LogP contribution in [0.5, 0.6) is 0 Å². The predicted octanol–water partition coefficient (Wildman–Crippen LogP) is 5.05. The predicted molar refractivity (Wildman–Crippen MR) is 147 cm³/mol. The number of rotatable bonds is 10. The number of nitrogens with one attached hydrogen (secondary N) is 1. The first-order valence-electron chi connectivity index (χ1n) is 12.7. The van der Waals surface area contributed by atoms with Crippen LogP contribution in [0.15, 0.2) is 60.7 Å². The van der Waals surface area contributed by atoms with Gasteiger partial charge in [0, 0.05) is 0 Å². The van der Waals surface area contributed by atoms with E-state index in [0.717, 1.165) is 10.4 Å². The molecule has 2 rings (SSSR count). The maximum Gasteiger partial charge on any atom is 0.407 e. The Bertz CT molecular complexity index is 927. The molecule has 0 aliphatic rings. The van der Waals surface area contributed by atoms with Gasteiger partial charge in [0.15, 0.2) is 0 Å². The summed E-state index contributed by atoms with van der Waals surface area (Å²) in [5.74, 6) is -0.527. The summed E-state index contributed by atoms with van der Waals surface area (Å²) in [6, 6.07) is 20.2. The zero-order valence-electron chi connectivity index (χ0n) is 23.1. The second-order valence-electron chi connectivity index (χ2n) is 11.2. The lowest BCUT2D eigenvalue weighted by Crippen LogP contribution is -2.67. The molecule has 0 heterocycles. The van der Waals surface area contributed by atoms with E-state index in [-0.39, 0.29) is 30.0 Å². The van der Waals surface area contributed by atoms with Crippen molar-refractivity contribution in [2.24, 2.45) is 5.92 Å². The standard InChI is InChI=1S/C29H43NO5Si/c1-9-33-26(31)20-22(2)25(30-27(32)35-28(3,4)5)21-34-36(29(6,7)8,23-16-12-10-13-17-23)24-18-14-11-15-19-24/h10-19,22,25H,9,20-21H2,1-8H3,(H,30,32)/t22-,25-/m1/s1. The minimum Gasteiger partial charge on any atom is -0.466 e. The summed E-state index contributed by atoms with van der Waals surface area (Å²) in [4.78, 5) is 25.0. The Balaban J connectivity index is 2.47. The molecule has 198 valence electrons. The molecule has 0 aromatic heterocycles.